The first-order valence-corrected chi connectivity index (χ1v) is 11.7. The highest BCUT2D eigenvalue weighted by Gasteiger charge is 2.09. The zero-order chi connectivity index (χ0) is 20.6. The number of benzene rings is 1. The molecule has 0 atom stereocenters. The maximum atomic E-state index is 11.5. The van der Waals surface area contributed by atoms with Crippen LogP contribution in [0.5, 0.6) is 0 Å². The average Bonchev–Trinajstić information content (AvgIpc) is 2.67. The Balaban J connectivity index is 2.63. The van der Waals surface area contributed by atoms with Crippen LogP contribution >= 0.6 is 0 Å². The Labute approximate surface area is 174 Å². The lowest BCUT2D eigenvalue weighted by Crippen LogP contribution is -2.26. The first-order valence-electron chi connectivity index (χ1n) is 11.7. The molecule has 3 heteroatoms. The number of amides is 1. The summed E-state index contributed by atoms with van der Waals surface area (Å²) in [5, 5.41) is 2.98. The van der Waals surface area contributed by atoms with Crippen molar-refractivity contribution < 1.29 is 4.79 Å². The molecule has 0 spiro atoms. The quantitative estimate of drug-likeness (QED) is 0.298. The Morgan fingerprint density at radius 2 is 1.32 bits per heavy atom. The molecule has 0 aliphatic carbocycles. The van der Waals surface area contributed by atoms with E-state index in [1.807, 2.05) is 0 Å². The normalized spacial score (nSPS) is 10.9. The molecule has 160 valence electrons. The van der Waals surface area contributed by atoms with Gasteiger partial charge in [0.25, 0.3) is 0 Å². The minimum Gasteiger partial charge on any atom is -0.371 e. The predicted octanol–water partition coefficient (Wildman–Crippen LogP) is 7.48. The van der Waals surface area contributed by atoms with E-state index in [1.54, 1.807) is 6.92 Å². The van der Waals surface area contributed by atoms with Gasteiger partial charge < -0.3 is 10.2 Å². The molecule has 0 aliphatic heterocycles. The van der Waals surface area contributed by atoms with Gasteiger partial charge in [-0.25, -0.2) is 0 Å². The largest absolute Gasteiger partial charge is 0.371 e. The number of carbonyl (C=O) groups is 1. The van der Waals surface area contributed by atoms with Gasteiger partial charge in [0.2, 0.25) is 5.91 Å². The molecule has 0 aromatic heterocycles. The molecule has 0 saturated heterocycles. The lowest BCUT2D eigenvalue weighted by Gasteiger charge is -2.26. The van der Waals surface area contributed by atoms with Crippen LogP contribution in [0.15, 0.2) is 18.2 Å². The zero-order valence-electron chi connectivity index (χ0n) is 19.0. The summed E-state index contributed by atoms with van der Waals surface area (Å²) in [5.74, 6) is -0.00125. The Kier molecular flexibility index (Phi) is 13.5. The van der Waals surface area contributed by atoms with Crippen molar-refractivity contribution in [2.75, 3.05) is 23.3 Å². The number of nitrogens with zero attached hydrogens (tertiary/aromatic N) is 1. The number of carbonyl (C=O) groups excluding carboxylic acids is 1. The second-order valence-electron chi connectivity index (χ2n) is 8.20. The van der Waals surface area contributed by atoms with Crippen molar-refractivity contribution in [3.63, 3.8) is 0 Å². The van der Waals surface area contributed by atoms with Gasteiger partial charge in [-0.3, -0.25) is 4.79 Å². The summed E-state index contributed by atoms with van der Waals surface area (Å²) in [7, 11) is 0. The van der Waals surface area contributed by atoms with Gasteiger partial charge in [0.05, 0.1) is 0 Å². The zero-order valence-corrected chi connectivity index (χ0v) is 19.0. The molecule has 0 heterocycles. The molecule has 0 fully saturated rings. The molecule has 1 rings (SSSR count). The second-order valence-corrected chi connectivity index (χ2v) is 8.20. The van der Waals surface area contributed by atoms with E-state index < -0.39 is 0 Å². The smallest absolute Gasteiger partial charge is 0.221 e. The third-order valence-electron chi connectivity index (χ3n) is 5.46. The highest BCUT2D eigenvalue weighted by Crippen LogP contribution is 2.24. The van der Waals surface area contributed by atoms with Gasteiger partial charge in [-0.15, -0.1) is 0 Å². The van der Waals surface area contributed by atoms with E-state index in [9.17, 15) is 4.79 Å². The third kappa shape index (κ3) is 10.7. The van der Waals surface area contributed by atoms with Crippen LogP contribution in [0.2, 0.25) is 0 Å². The summed E-state index contributed by atoms with van der Waals surface area (Å²) in [6.45, 7) is 10.4. The molecular formula is C25H44N2O. The van der Waals surface area contributed by atoms with Gasteiger partial charge in [-0.1, -0.05) is 84.1 Å². The highest BCUT2D eigenvalue weighted by atomic mass is 16.1. The molecular weight excluding hydrogens is 344 g/mol. The summed E-state index contributed by atoms with van der Waals surface area (Å²) in [6, 6.07) is 6.51. The summed E-state index contributed by atoms with van der Waals surface area (Å²) in [4.78, 5) is 14.0. The van der Waals surface area contributed by atoms with Crippen LogP contribution in [-0.4, -0.2) is 19.0 Å². The molecule has 3 nitrogen and oxygen atoms in total. The van der Waals surface area contributed by atoms with Gasteiger partial charge in [0.1, 0.15) is 0 Å². The van der Waals surface area contributed by atoms with Crippen LogP contribution in [0.3, 0.4) is 0 Å². The average molecular weight is 389 g/mol. The van der Waals surface area contributed by atoms with E-state index in [0.29, 0.717) is 0 Å². The Morgan fingerprint density at radius 1 is 0.821 bits per heavy atom. The summed E-state index contributed by atoms with van der Waals surface area (Å²) < 4.78 is 0. The molecule has 1 amide bonds. The number of unbranched alkanes of at least 4 members (excludes halogenated alkanes) is 10. The van der Waals surface area contributed by atoms with Gasteiger partial charge in [-0.05, 0) is 37.5 Å². The van der Waals surface area contributed by atoms with Crippen molar-refractivity contribution in [1.29, 1.82) is 0 Å². The SMILES string of the molecule is CCCCCCCCN(CCCCCCCC)c1ccc(C)c(NC(C)=O)c1. The van der Waals surface area contributed by atoms with Crippen molar-refractivity contribution in [3.05, 3.63) is 23.8 Å². The Morgan fingerprint density at radius 3 is 1.82 bits per heavy atom. The van der Waals surface area contributed by atoms with E-state index in [4.69, 9.17) is 0 Å². The maximum absolute atomic E-state index is 11.5. The van der Waals surface area contributed by atoms with Crippen LogP contribution in [-0.2, 0) is 4.79 Å². The number of hydrogen-bond donors (Lipinski definition) is 1. The van der Waals surface area contributed by atoms with E-state index in [-0.39, 0.29) is 5.91 Å². The van der Waals surface area contributed by atoms with Crippen LogP contribution in [0, 0.1) is 6.92 Å². The van der Waals surface area contributed by atoms with E-state index >= 15 is 0 Å². The third-order valence-corrected chi connectivity index (χ3v) is 5.46. The first-order chi connectivity index (χ1) is 13.6. The second kappa shape index (κ2) is 15.4. The molecule has 0 bridgehead atoms. The van der Waals surface area contributed by atoms with Crippen LogP contribution < -0.4 is 10.2 Å². The fourth-order valence-electron chi connectivity index (χ4n) is 3.67. The van der Waals surface area contributed by atoms with Gasteiger partial charge in [-0.2, -0.15) is 0 Å². The molecule has 28 heavy (non-hydrogen) atoms. The summed E-state index contributed by atoms with van der Waals surface area (Å²) >= 11 is 0. The number of hydrogen-bond acceptors (Lipinski definition) is 2. The van der Waals surface area contributed by atoms with Gasteiger partial charge >= 0.3 is 0 Å². The number of nitrogens with one attached hydrogen (secondary N) is 1. The van der Waals surface area contributed by atoms with E-state index in [2.05, 4.69) is 49.2 Å². The monoisotopic (exact) mass is 388 g/mol. The molecule has 0 aliphatic rings. The fraction of sp³-hybridized carbons (Fsp3) is 0.720. The molecule has 0 radical (unpaired) electrons. The molecule has 0 saturated carbocycles. The topological polar surface area (TPSA) is 32.3 Å². The lowest BCUT2D eigenvalue weighted by molar-refractivity contribution is -0.114. The van der Waals surface area contributed by atoms with Crippen molar-refractivity contribution >= 4 is 17.3 Å². The van der Waals surface area contributed by atoms with Crippen molar-refractivity contribution in [2.45, 2.75) is 105 Å². The van der Waals surface area contributed by atoms with Gasteiger partial charge in [0.15, 0.2) is 0 Å². The highest BCUT2D eigenvalue weighted by molar-refractivity contribution is 5.90. The minimum atomic E-state index is -0.00125. The Hall–Kier alpha value is -1.51. The number of anilines is 2. The van der Waals surface area contributed by atoms with Crippen LogP contribution in [0.4, 0.5) is 11.4 Å². The van der Waals surface area contributed by atoms with Crippen molar-refractivity contribution in [1.82, 2.24) is 0 Å². The molecule has 1 aromatic rings. The summed E-state index contributed by atoms with van der Waals surface area (Å²) in [5.41, 5.74) is 3.32. The standard InChI is InChI=1S/C25H44N2O/c1-5-7-9-11-13-15-19-27(20-16-14-12-10-8-6-2)24-18-17-22(3)25(21-24)26-23(4)28/h17-18,21H,5-16,19-20H2,1-4H3,(H,26,28). The van der Waals surface area contributed by atoms with E-state index in [1.165, 1.54) is 82.7 Å². The van der Waals surface area contributed by atoms with Crippen LogP contribution in [0.25, 0.3) is 0 Å². The van der Waals surface area contributed by atoms with Crippen LogP contribution in [0.1, 0.15) is 103 Å². The number of rotatable bonds is 16. The van der Waals surface area contributed by atoms with E-state index in [0.717, 1.165) is 24.3 Å². The lowest BCUT2D eigenvalue weighted by atomic mass is 10.1. The molecule has 1 N–H and O–H groups in total. The molecule has 0 unspecified atom stereocenters. The minimum absolute atomic E-state index is 0.00125. The van der Waals surface area contributed by atoms with Crippen molar-refractivity contribution in [3.8, 4) is 0 Å². The van der Waals surface area contributed by atoms with Gasteiger partial charge in [0, 0.05) is 31.4 Å². The van der Waals surface area contributed by atoms with Crippen molar-refractivity contribution in [2.24, 2.45) is 0 Å². The predicted molar refractivity (Wildman–Crippen MR) is 124 cm³/mol. The Bertz CT molecular complexity index is 525. The molecule has 1 aromatic carbocycles. The fourth-order valence-corrected chi connectivity index (χ4v) is 3.67. The first kappa shape index (κ1) is 24.5. The number of aryl methyl sites for hydroxylation is 1. The summed E-state index contributed by atoms with van der Waals surface area (Å²) in [6.07, 6.45) is 15.9. The maximum Gasteiger partial charge on any atom is 0.221 e.